The van der Waals surface area contributed by atoms with Gasteiger partial charge in [-0.3, -0.25) is 0 Å². The molecule has 1 unspecified atom stereocenters. The van der Waals surface area contributed by atoms with Crippen LogP contribution >= 0.6 is 0 Å². The highest BCUT2D eigenvalue weighted by molar-refractivity contribution is 6.08. The zero-order chi connectivity index (χ0) is 15.8. The van der Waals surface area contributed by atoms with Gasteiger partial charge in [-0.2, -0.15) is 0 Å². The van der Waals surface area contributed by atoms with Crippen LogP contribution in [-0.4, -0.2) is 17.7 Å². The number of nitrogens with one attached hydrogen (secondary N) is 1. The second-order valence-corrected chi connectivity index (χ2v) is 7.25. The molecule has 1 N–H and O–H groups in total. The molecular weight excluding hydrogens is 280 g/mol. The summed E-state index contributed by atoms with van der Waals surface area (Å²) >= 11 is 0. The van der Waals surface area contributed by atoms with E-state index in [9.17, 15) is 0 Å². The molecule has 0 amide bonds. The van der Waals surface area contributed by atoms with E-state index in [0.717, 1.165) is 5.92 Å². The van der Waals surface area contributed by atoms with Crippen molar-refractivity contribution in [1.82, 2.24) is 9.88 Å². The molecule has 1 atom stereocenters. The van der Waals surface area contributed by atoms with Crippen LogP contribution in [0.25, 0.3) is 21.8 Å². The molecule has 2 heteroatoms. The minimum atomic E-state index is 0.478. The average molecular weight is 306 g/mol. The normalized spacial score (nSPS) is 19.0. The molecule has 2 nitrogen and oxygen atoms in total. The highest BCUT2D eigenvalue weighted by Crippen LogP contribution is 2.33. The van der Waals surface area contributed by atoms with Crippen molar-refractivity contribution in [3.05, 3.63) is 48.0 Å². The molecule has 0 spiro atoms. The van der Waals surface area contributed by atoms with Gasteiger partial charge >= 0.3 is 0 Å². The number of aromatic nitrogens is 1. The van der Waals surface area contributed by atoms with E-state index in [1.54, 1.807) is 0 Å². The molecule has 23 heavy (non-hydrogen) atoms. The van der Waals surface area contributed by atoms with E-state index >= 15 is 0 Å². The van der Waals surface area contributed by atoms with Crippen LogP contribution < -0.4 is 5.32 Å². The maximum Gasteiger partial charge on any atom is 0.0493 e. The number of hydrogen-bond donors (Lipinski definition) is 1. The largest absolute Gasteiger partial charge is 0.338 e. The van der Waals surface area contributed by atoms with Crippen LogP contribution in [-0.2, 0) is 6.42 Å². The molecule has 1 aliphatic heterocycles. The topological polar surface area (TPSA) is 17.0 Å². The number of rotatable bonds is 3. The molecule has 2 aromatic carbocycles. The molecule has 1 fully saturated rings. The Labute approximate surface area is 138 Å². The van der Waals surface area contributed by atoms with Gasteiger partial charge in [0, 0.05) is 27.8 Å². The van der Waals surface area contributed by atoms with Gasteiger partial charge in [0.25, 0.3) is 0 Å². The Kier molecular flexibility index (Phi) is 3.86. The van der Waals surface area contributed by atoms with Crippen LogP contribution in [0.2, 0.25) is 0 Å². The van der Waals surface area contributed by atoms with Crippen LogP contribution in [0.15, 0.2) is 42.5 Å². The first kappa shape index (κ1) is 14.8. The molecule has 3 aromatic rings. The molecule has 0 saturated carbocycles. The fourth-order valence-electron chi connectivity index (χ4n) is 4.17. The van der Waals surface area contributed by atoms with Gasteiger partial charge in [0.1, 0.15) is 0 Å². The maximum atomic E-state index is 3.54. The molecule has 1 aromatic heterocycles. The predicted molar refractivity (Wildman–Crippen MR) is 99.1 cm³/mol. The van der Waals surface area contributed by atoms with Crippen LogP contribution in [0, 0.1) is 5.92 Å². The van der Waals surface area contributed by atoms with E-state index in [-0.39, 0.29) is 0 Å². The van der Waals surface area contributed by atoms with Gasteiger partial charge in [-0.15, -0.1) is 0 Å². The number of benzene rings is 2. The minimum Gasteiger partial charge on any atom is -0.338 e. The molecule has 1 saturated heterocycles. The molecule has 0 bridgehead atoms. The standard InChI is InChI=1S/C21H26N2/c1-15(2)23-20-8-4-3-7-18(20)19-13-16(9-10-21(19)23)12-17-6-5-11-22-14-17/h3-4,7-10,13,15,17,22H,5-6,11-12,14H2,1-2H3. The Bertz CT molecular complexity index is 822. The van der Waals surface area contributed by atoms with E-state index in [4.69, 9.17) is 0 Å². The molecule has 120 valence electrons. The van der Waals surface area contributed by atoms with Gasteiger partial charge in [0.2, 0.25) is 0 Å². The van der Waals surface area contributed by atoms with E-state index < -0.39 is 0 Å². The average Bonchev–Trinajstić information content (AvgIpc) is 2.90. The molecule has 0 aliphatic carbocycles. The lowest BCUT2D eigenvalue weighted by Gasteiger charge is -2.22. The number of para-hydroxylation sites is 1. The first-order valence-corrected chi connectivity index (χ1v) is 8.96. The lowest BCUT2D eigenvalue weighted by molar-refractivity contribution is 0.376. The summed E-state index contributed by atoms with van der Waals surface area (Å²) in [5.41, 5.74) is 4.21. The molecular formula is C21H26N2. The van der Waals surface area contributed by atoms with Crippen molar-refractivity contribution in [3.8, 4) is 0 Å². The van der Waals surface area contributed by atoms with Crippen LogP contribution in [0.3, 0.4) is 0 Å². The Morgan fingerprint density at radius 3 is 2.70 bits per heavy atom. The van der Waals surface area contributed by atoms with Crippen LogP contribution in [0.4, 0.5) is 0 Å². The third-order valence-corrected chi connectivity index (χ3v) is 5.21. The summed E-state index contributed by atoms with van der Waals surface area (Å²) in [4.78, 5) is 0. The van der Waals surface area contributed by atoms with E-state index in [0.29, 0.717) is 6.04 Å². The highest BCUT2D eigenvalue weighted by atomic mass is 15.0. The smallest absolute Gasteiger partial charge is 0.0493 e. The summed E-state index contributed by atoms with van der Waals surface area (Å²) < 4.78 is 2.47. The number of piperidine rings is 1. The summed E-state index contributed by atoms with van der Waals surface area (Å²) in [6.07, 6.45) is 3.88. The molecule has 1 aliphatic rings. The zero-order valence-electron chi connectivity index (χ0n) is 14.2. The summed E-state index contributed by atoms with van der Waals surface area (Å²) in [6.45, 7) is 6.91. The second-order valence-electron chi connectivity index (χ2n) is 7.25. The highest BCUT2D eigenvalue weighted by Gasteiger charge is 2.16. The summed E-state index contributed by atoms with van der Waals surface area (Å²) in [5, 5.41) is 6.34. The fraction of sp³-hybridized carbons (Fsp3) is 0.429. The van der Waals surface area contributed by atoms with Crippen molar-refractivity contribution in [2.75, 3.05) is 13.1 Å². The van der Waals surface area contributed by atoms with Gasteiger partial charge in [-0.05, 0) is 75.9 Å². The Morgan fingerprint density at radius 2 is 1.91 bits per heavy atom. The number of fused-ring (bicyclic) bond motifs is 3. The first-order valence-electron chi connectivity index (χ1n) is 8.96. The lowest BCUT2D eigenvalue weighted by atomic mass is 9.92. The predicted octanol–water partition coefficient (Wildman–Crippen LogP) is 4.92. The SMILES string of the molecule is CC(C)n1c2ccccc2c2cc(CC3CCCNC3)ccc21. The van der Waals surface area contributed by atoms with Crippen LogP contribution in [0.1, 0.15) is 38.3 Å². The Morgan fingerprint density at radius 1 is 1.09 bits per heavy atom. The van der Waals surface area contributed by atoms with E-state index in [1.807, 2.05) is 0 Å². The van der Waals surface area contributed by atoms with Crippen molar-refractivity contribution in [3.63, 3.8) is 0 Å². The number of nitrogens with zero attached hydrogens (tertiary/aromatic N) is 1. The first-order chi connectivity index (χ1) is 11.2. The minimum absolute atomic E-state index is 0.478. The van der Waals surface area contributed by atoms with Crippen molar-refractivity contribution < 1.29 is 0 Å². The molecule has 4 rings (SSSR count). The second kappa shape index (κ2) is 6.01. The molecule has 2 heterocycles. The lowest BCUT2D eigenvalue weighted by Crippen LogP contribution is -2.30. The van der Waals surface area contributed by atoms with Crippen molar-refractivity contribution >= 4 is 21.8 Å². The summed E-state index contributed by atoms with van der Waals surface area (Å²) in [7, 11) is 0. The van der Waals surface area contributed by atoms with Gasteiger partial charge in [-0.25, -0.2) is 0 Å². The van der Waals surface area contributed by atoms with Gasteiger partial charge in [0.05, 0.1) is 0 Å². The monoisotopic (exact) mass is 306 g/mol. The van der Waals surface area contributed by atoms with Crippen molar-refractivity contribution in [2.24, 2.45) is 5.92 Å². The fourth-order valence-corrected chi connectivity index (χ4v) is 4.17. The van der Waals surface area contributed by atoms with Gasteiger partial charge < -0.3 is 9.88 Å². The van der Waals surface area contributed by atoms with E-state index in [2.05, 4.69) is 66.2 Å². The van der Waals surface area contributed by atoms with Gasteiger partial charge in [0.15, 0.2) is 0 Å². The third-order valence-electron chi connectivity index (χ3n) is 5.21. The third kappa shape index (κ3) is 2.66. The Hall–Kier alpha value is -1.80. The Balaban J connectivity index is 1.80. The summed E-state index contributed by atoms with van der Waals surface area (Å²) in [6, 6.07) is 16.4. The molecule has 0 radical (unpaired) electrons. The number of hydrogen-bond acceptors (Lipinski definition) is 1. The van der Waals surface area contributed by atoms with Crippen LogP contribution in [0.5, 0.6) is 0 Å². The van der Waals surface area contributed by atoms with Gasteiger partial charge in [-0.1, -0.05) is 24.3 Å². The zero-order valence-corrected chi connectivity index (χ0v) is 14.2. The maximum absolute atomic E-state index is 3.54. The van der Waals surface area contributed by atoms with Crippen molar-refractivity contribution in [1.29, 1.82) is 0 Å². The van der Waals surface area contributed by atoms with Crippen molar-refractivity contribution in [2.45, 2.75) is 39.2 Å². The quantitative estimate of drug-likeness (QED) is 0.727. The summed E-state index contributed by atoms with van der Waals surface area (Å²) in [5.74, 6) is 0.791. The van der Waals surface area contributed by atoms with E-state index in [1.165, 1.54) is 59.7 Å².